The molecule has 0 amide bonds. The van der Waals surface area contributed by atoms with Crippen molar-refractivity contribution in [1.82, 2.24) is 0 Å². The maximum Gasteiger partial charge on any atom is 0.387 e. The van der Waals surface area contributed by atoms with E-state index in [2.05, 4.69) is 4.74 Å². The van der Waals surface area contributed by atoms with Crippen molar-refractivity contribution in [2.24, 2.45) is 11.5 Å². The second-order valence-electron chi connectivity index (χ2n) is 3.45. The van der Waals surface area contributed by atoms with E-state index in [9.17, 15) is 8.78 Å². The van der Waals surface area contributed by atoms with Crippen LogP contribution in [0.25, 0.3) is 0 Å². The molecule has 4 N–H and O–H groups in total. The smallest absolute Gasteiger partial charge is 0.387 e. The molecule has 1 rings (SSSR count). The van der Waals surface area contributed by atoms with Crippen LogP contribution in [0.5, 0.6) is 5.75 Å². The van der Waals surface area contributed by atoms with Crippen LogP contribution in [-0.4, -0.2) is 13.2 Å². The zero-order valence-electron chi connectivity index (χ0n) is 9.31. The second kappa shape index (κ2) is 8.22. The van der Waals surface area contributed by atoms with Crippen molar-refractivity contribution in [2.75, 3.05) is 6.54 Å². The maximum absolute atomic E-state index is 12.1. The third-order valence-electron chi connectivity index (χ3n) is 2.25. The van der Waals surface area contributed by atoms with Crippen molar-refractivity contribution >= 4 is 12.4 Å². The van der Waals surface area contributed by atoms with Gasteiger partial charge in [-0.2, -0.15) is 8.78 Å². The van der Waals surface area contributed by atoms with Crippen LogP contribution >= 0.6 is 12.4 Å². The molecule has 17 heavy (non-hydrogen) atoms. The molecule has 1 atom stereocenters. The summed E-state index contributed by atoms with van der Waals surface area (Å²) in [6.45, 7) is -2.30. The van der Waals surface area contributed by atoms with E-state index in [0.29, 0.717) is 18.5 Å². The average molecular weight is 267 g/mol. The molecule has 0 fully saturated rings. The van der Waals surface area contributed by atoms with Crippen LogP contribution in [0.1, 0.15) is 24.4 Å². The summed E-state index contributed by atoms with van der Waals surface area (Å²) in [5.41, 5.74) is 11.8. The lowest BCUT2D eigenvalue weighted by molar-refractivity contribution is -0.0506. The van der Waals surface area contributed by atoms with Gasteiger partial charge in [0.2, 0.25) is 0 Å². The quantitative estimate of drug-likeness (QED) is 0.831. The number of para-hydroxylation sites is 1. The van der Waals surface area contributed by atoms with Crippen LogP contribution in [0.15, 0.2) is 24.3 Å². The highest BCUT2D eigenvalue weighted by molar-refractivity contribution is 5.85. The molecule has 3 nitrogen and oxygen atoms in total. The second-order valence-corrected chi connectivity index (χ2v) is 3.45. The average Bonchev–Trinajstić information content (AvgIpc) is 2.26. The molecule has 1 aromatic carbocycles. The van der Waals surface area contributed by atoms with Gasteiger partial charge in [0.05, 0.1) is 0 Å². The number of hydrogen-bond donors (Lipinski definition) is 2. The highest BCUT2D eigenvalue weighted by atomic mass is 35.5. The third kappa shape index (κ3) is 5.30. The third-order valence-corrected chi connectivity index (χ3v) is 2.25. The van der Waals surface area contributed by atoms with Gasteiger partial charge in [0, 0.05) is 11.6 Å². The van der Waals surface area contributed by atoms with E-state index >= 15 is 0 Å². The topological polar surface area (TPSA) is 61.3 Å². The van der Waals surface area contributed by atoms with Crippen molar-refractivity contribution in [3.05, 3.63) is 29.8 Å². The van der Waals surface area contributed by atoms with Gasteiger partial charge in [-0.3, -0.25) is 0 Å². The van der Waals surface area contributed by atoms with Gasteiger partial charge in [-0.15, -0.1) is 12.4 Å². The van der Waals surface area contributed by atoms with Gasteiger partial charge >= 0.3 is 6.61 Å². The molecule has 1 aromatic rings. The van der Waals surface area contributed by atoms with Crippen LogP contribution in [0, 0.1) is 0 Å². The van der Waals surface area contributed by atoms with E-state index < -0.39 is 6.61 Å². The predicted octanol–water partition coefficient (Wildman–Crippen LogP) is 2.45. The summed E-state index contributed by atoms with van der Waals surface area (Å²) < 4.78 is 28.7. The van der Waals surface area contributed by atoms with E-state index in [-0.39, 0.29) is 24.2 Å². The zero-order valence-corrected chi connectivity index (χ0v) is 10.1. The summed E-state index contributed by atoms with van der Waals surface area (Å²) in [4.78, 5) is 0. The fraction of sp³-hybridized carbons (Fsp3) is 0.455. The molecule has 0 saturated heterocycles. The molecule has 6 heteroatoms. The van der Waals surface area contributed by atoms with Crippen molar-refractivity contribution in [2.45, 2.75) is 25.5 Å². The summed E-state index contributed by atoms with van der Waals surface area (Å²) in [5, 5.41) is 0. The highest BCUT2D eigenvalue weighted by Crippen LogP contribution is 2.27. The Morgan fingerprint density at radius 3 is 2.47 bits per heavy atom. The summed E-state index contributed by atoms with van der Waals surface area (Å²) >= 11 is 0. The Kier molecular flexibility index (Phi) is 7.78. The monoisotopic (exact) mass is 266 g/mol. The molecule has 98 valence electrons. The van der Waals surface area contributed by atoms with Gasteiger partial charge in [0.15, 0.2) is 0 Å². The lowest BCUT2D eigenvalue weighted by atomic mass is 10.0. The molecule has 0 saturated carbocycles. The minimum atomic E-state index is -2.83. The number of halogens is 3. The summed E-state index contributed by atoms with van der Waals surface area (Å²) in [6.07, 6.45) is 1.41. The molecule has 0 aliphatic carbocycles. The van der Waals surface area contributed by atoms with Crippen molar-refractivity contribution in [3.8, 4) is 5.75 Å². The molecular weight excluding hydrogens is 250 g/mol. The minimum Gasteiger partial charge on any atom is -0.434 e. The Labute approximate surface area is 106 Å². The fourth-order valence-corrected chi connectivity index (χ4v) is 1.48. The molecular formula is C11H17ClF2N2O. The lowest BCUT2D eigenvalue weighted by Crippen LogP contribution is -2.15. The first-order chi connectivity index (χ1) is 7.65. The largest absolute Gasteiger partial charge is 0.434 e. The van der Waals surface area contributed by atoms with E-state index in [1.54, 1.807) is 18.2 Å². The number of alkyl halides is 2. The van der Waals surface area contributed by atoms with Crippen LogP contribution < -0.4 is 16.2 Å². The normalized spacial score (nSPS) is 12.1. The van der Waals surface area contributed by atoms with Crippen LogP contribution in [0.3, 0.4) is 0 Å². The van der Waals surface area contributed by atoms with Gasteiger partial charge in [-0.1, -0.05) is 18.2 Å². The van der Waals surface area contributed by atoms with E-state index in [1.165, 1.54) is 6.07 Å². The lowest BCUT2D eigenvalue weighted by Gasteiger charge is -2.16. The zero-order chi connectivity index (χ0) is 12.0. The summed E-state index contributed by atoms with van der Waals surface area (Å²) in [5.74, 6) is 0.141. The van der Waals surface area contributed by atoms with Gasteiger partial charge < -0.3 is 16.2 Å². The molecule has 0 bridgehead atoms. The van der Waals surface area contributed by atoms with Crippen molar-refractivity contribution in [3.63, 3.8) is 0 Å². The maximum atomic E-state index is 12.1. The van der Waals surface area contributed by atoms with Crippen LogP contribution in [0.2, 0.25) is 0 Å². The van der Waals surface area contributed by atoms with Gasteiger partial charge in [0.25, 0.3) is 0 Å². The van der Waals surface area contributed by atoms with Crippen LogP contribution in [0.4, 0.5) is 8.78 Å². The first-order valence-electron chi connectivity index (χ1n) is 5.14. The number of ether oxygens (including phenoxy) is 1. The fourth-order valence-electron chi connectivity index (χ4n) is 1.48. The van der Waals surface area contributed by atoms with E-state index in [0.717, 1.165) is 6.42 Å². The Bertz CT molecular complexity index is 326. The van der Waals surface area contributed by atoms with Crippen molar-refractivity contribution < 1.29 is 13.5 Å². The molecule has 0 aromatic heterocycles. The Balaban J connectivity index is 0.00000256. The van der Waals surface area contributed by atoms with E-state index in [1.807, 2.05) is 0 Å². The number of rotatable bonds is 6. The van der Waals surface area contributed by atoms with Crippen LogP contribution in [-0.2, 0) is 0 Å². The van der Waals surface area contributed by atoms with Gasteiger partial charge in [-0.25, -0.2) is 0 Å². The summed E-state index contributed by atoms with van der Waals surface area (Å²) in [6, 6.07) is 6.24. The first-order valence-corrected chi connectivity index (χ1v) is 5.14. The molecule has 0 heterocycles. The number of nitrogens with two attached hydrogens (primary N) is 2. The predicted molar refractivity (Wildman–Crippen MR) is 65.5 cm³/mol. The molecule has 0 unspecified atom stereocenters. The number of hydrogen-bond acceptors (Lipinski definition) is 3. The molecule has 0 aliphatic rings. The molecule has 0 radical (unpaired) electrons. The summed E-state index contributed by atoms with van der Waals surface area (Å²) in [7, 11) is 0. The molecule has 0 spiro atoms. The Morgan fingerprint density at radius 1 is 1.24 bits per heavy atom. The van der Waals surface area contributed by atoms with Gasteiger partial charge in [-0.05, 0) is 25.5 Å². The van der Waals surface area contributed by atoms with E-state index in [4.69, 9.17) is 11.5 Å². The first kappa shape index (κ1) is 16.1. The molecule has 0 aliphatic heterocycles. The number of benzene rings is 1. The minimum absolute atomic E-state index is 0. The Hall–Kier alpha value is -0.910. The SMILES string of the molecule is Cl.NCCC[C@@H](N)c1ccccc1OC(F)F. The Morgan fingerprint density at radius 2 is 1.88 bits per heavy atom. The van der Waals surface area contributed by atoms with Gasteiger partial charge in [0.1, 0.15) is 5.75 Å². The van der Waals surface area contributed by atoms with Crippen molar-refractivity contribution in [1.29, 1.82) is 0 Å². The standard InChI is InChI=1S/C11H16F2N2O.ClH/c12-11(13)16-10-6-2-1-4-8(10)9(15)5-3-7-14;/h1-2,4,6,9,11H,3,5,7,14-15H2;1H/t9-;/m1./s1. The highest BCUT2D eigenvalue weighted by Gasteiger charge is 2.14.